The van der Waals surface area contributed by atoms with E-state index in [1.54, 1.807) is 0 Å². The minimum absolute atomic E-state index is 0.177. The number of hydrogen-bond donors (Lipinski definition) is 1. The summed E-state index contributed by atoms with van der Waals surface area (Å²) < 4.78 is 0. The third kappa shape index (κ3) is 4.20. The van der Waals surface area contributed by atoms with Gasteiger partial charge in [0.1, 0.15) is 0 Å². The van der Waals surface area contributed by atoms with Crippen LogP contribution in [-0.4, -0.2) is 22.0 Å². The first-order chi connectivity index (χ1) is 9.00. The van der Waals surface area contributed by atoms with Gasteiger partial charge < -0.3 is 5.32 Å². The molecule has 1 aliphatic carbocycles. The molecule has 1 aliphatic rings. The van der Waals surface area contributed by atoms with E-state index in [2.05, 4.69) is 56.0 Å². The molecule has 2 atom stereocenters. The average Bonchev–Trinajstić information content (AvgIpc) is 2.94. The van der Waals surface area contributed by atoms with Crippen molar-refractivity contribution in [3.05, 3.63) is 16.1 Å². The van der Waals surface area contributed by atoms with Gasteiger partial charge in [0.05, 0.1) is 5.01 Å². The Kier molecular flexibility index (Phi) is 5.32. The molecule has 4 heteroatoms. The number of nitrogens with zero attached hydrogens (tertiary/aromatic N) is 1. The highest BCUT2D eigenvalue weighted by Gasteiger charge is 2.26. The van der Waals surface area contributed by atoms with Crippen LogP contribution >= 0.6 is 23.1 Å². The summed E-state index contributed by atoms with van der Waals surface area (Å²) in [6.45, 7) is 9.94. The van der Waals surface area contributed by atoms with Crippen LogP contribution in [0.1, 0.15) is 56.8 Å². The monoisotopic (exact) mass is 298 g/mol. The van der Waals surface area contributed by atoms with Gasteiger partial charge in [-0.3, -0.25) is 0 Å². The van der Waals surface area contributed by atoms with Gasteiger partial charge in [-0.2, -0.15) is 11.8 Å². The molecule has 108 valence electrons. The lowest BCUT2D eigenvalue weighted by atomic mass is 9.98. The Morgan fingerprint density at radius 1 is 1.42 bits per heavy atom. The van der Waals surface area contributed by atoms with E-state index >= 15 is 0 Å². The first-order valence-electron chi connectivity index (χ1n) is 7.31. The molecule has 2 nitrogen and oxygen atoms in total. The van der Waals surface area contributed by atoms with Crippen molar-refractivity contribution in [3.8, 4) is 0 Å². The Hall–Kier alpha value is -0.0600. The summed E-state index contributed by atoms with van der Waals surface area (Å²) in [7, 11) is 0. The molecule has 0 aliphatic heterocycles. The Morgan fingerprint density at radius 2 is 2.21 bits per heavy atom. The minimum Gasteiger partial charge on any atom is -0.308 e. The summed E-state index contributed by atoms with van der Waals surface area (Å²) in [5.74, 6) is 1.23. The predicted molar refractivity (Wildman–Crippen MR) is 87.2 cm³/mol. The van der Waals surface area contributed by atoms with Crippen LogP contribution in [0.2, 0.25) is 0 Å². The van der Waals surface area contributed by atoms with Gasteiger partial charge in [0.2, 0.25) is 0 Å². The van der Waals surface area contributed by atoms with Crippen LogP contribution in [0.3, 0.4) is 0 Å². The molecular formula is C15H26N2S2. The van der Waals surface area contributed by atoms with Gasteiger partial charge in [-0.05, 0) is 18.6 Å². The summed E-state index contributed by atoms with van der Waals surface area (Å²) in [4.78, 5) is 5.93. The van der Waals surface area contributed by atoms with Gasteiger partial charge in [0.25, 0.3) is 0 Å². The molecule has 1 aromatic heterocycles. The van der Waals surface area contributed by atoms with Crippen molar-refractivity contribution in [2.75, 3.05) is 5.75 Å². The fourth-order valence-corrected chi connectivity index (χ4v) is 4.69. The number of nitrogens with one attached hydrogen (secondary N) is 1. The molecule has 0 aromatic carbocycles. The van der Waals surface area contributed by atoms with Crippen LogP contribution in [0.4, 0.5) is 0 Å². The van der Waals surface area contributed by atoms with E-state index in [9.17, 15) is 0 Å². The minimum atomic E-state index is 0.177. The van der Waals surface area contributed by atoms with Gasteiger partial charge in [-0.1, -0.05) is 34.1 Å². The Labute approximate surface area is 125 Å². The van der Waals surface area contributed by atoms with E-state index in [0.29, 0.717) is 6.04 Å². The molecule has 1 saturated carbocycles. The van der Waals surface area contributed by atoms with Crippen molar-refractivity contribution in [2.45, 2.75) is 70.2 Å². The van der Waals surface area contributed by atoms with Crippen LogP contribution in [0.5, 0.6) is 0 Å². The zero-order valence-corrected chi connectivity index (χ0v) is 14.2. The zero-order chi connectivity index (χ0) is 13.9. The van der Waals surface area contributed by atoms with Crippen molar-refractivity contribution in [3.63, 3.8) is 0 Å². The second-order valence-corrected chi connectivity index (χ2v) is 8.93. The quantitative estimate of drug-likeness (QED) is 0.881. The molecule has 2 rings (SSSR count). The van der Waals surface area contributed by atoms with Crippen LogP contribution in [0.15, 0.2) is 6.20 Å². The van der Waals surface area contributed by atoms with E-state index in [0.717, 1.165) is 11.8 Å². The van der Waals surface area contributed by atoms with Gasteiger partial charge in [-0.25, -0.2) is 4.98 Å². The smallest absolute Gasteiger partial charge is 0.0981 e. The number of aromatic nitrogens is 1. The normalized spacial score (nSPS) is 24.0. The fraction of sp³-hybridized carbons (Fsp3) is 0.800. The number of rotatable bonds is 5. The maximum Gasteiger partial charge on any atom is 0.0981 e. The van der Waals surface area contributed by atoms with Crippen molar-refractivity contribution in [2.24, 2.45) is 0 Å². The molecule has 0 bridgehead atoms. The second kappa shape index (κ2) is 6.59. The molecular weight excluding hydrogens is 272 g/mol. The SMILES string of the molecule is CCSC1CCCC1NCc1cnc(C(C)(C)C)s1. The van der Waals surface area contributed by atoms with Crippen LogP contribution < -0.4 is 5.32 Å². The summed E-state index contributed by atoms with van der Waals surface area (Å²) in [6, 6.07) is 0.699. The number of thioether (sulfide) groups is 1. The third-order valence-electron chi connectivity index (χ3n) is 3.57. The Balaban J connectivity index is 1.87. The summed E-state index contributed by atoms with van der Waals surface area (Å²) in [5, 5.41) is 5.81. The van der Waals surface area contributed by atoms with Gasteiger partial charge in [-0.15, -0.1) is 11.3 Å². The predicted octanol–water partition coefficient (Wildman–Crippen LogP) is 4.20. The van der Waals surface area contributed by atoms with Gasteiger partial charge in [0.15, 0.2) is 0 Å². The summed E-state index contributed by atoms with van der Waals surface area (Å²) in [5.41, 5.74) is 0.177. The lowest BCUT2D eigenvalue weighted by Gasteiger charge is -2.19. The highest BCUT2D eigenvalue weighted by atomic mass is 32.2. The van der Waals surface area contributed by atoms with Crippen LogP contribution in [0.25, 0.3) is 0 Å². The Morgan fingerprint density at radius 3 is 2.84 bits per heavy atom. The fourth-order valence-electron chi connectivity index (χ4n) is 2.54. The lowest BCUT2D eigenvalue weighted by molar-refractivity contribution is 0.535. The first-order valence-corrected chi connectivity index (χ1v) is 9.17. The van der Waals surface area contributed by atoms with E-state index in [1.807, 2.05) is 11.3 Å². The van der Waals surface area contributed by atoms with Crippen molar-refractivity contribution in [1.29, 1.82) is 0 Å². The molecule has 1 fully saturated rings. The average molecular weight is 299 g/mol. The highest BCUT2D eigenvalue weighted by molar-refractivity contribution is 7.99. The van der Waals surface area contributed by atoms with Gasteiger partial charge in [0, 0.05) is 34.3 Å². The standard InChI is InChI=1S/C15H26N2S2/c1-5-18-13-8-6-7-12(13)16-9-11-10-17-14(19-11)15(2,3)4/h10,12-13,16H,5-9H2,1-4H3. The van der Waals surface area contributed by atoms with Crippen molar-refractivity contribution >= 4 is 23.1 Å². The zero-order valence-electron chi connectivity index (χ0n) is 12.5. The van der Waals surface area contributed by atoms with Crippen LogP contribution in [0, 0.1) is 0 Å². The number of thiazole rings is 1. The van der Waals surface area contributed by atoms with E-state index < -0.39 is 0 Å². The first kappa shape index (κ1) is 15.3. The van der Waals surface area contributed by atoms with E-state index in [-0.39, 0.29) is 5.41 Å². The van der Waals surface area contributed by atoms with Gasteiger partial charge >= 0.3 is 0 Å². The van der Waals surface area contributed by atoms with Crippen molar-refractivity contribution < 1.29 is 0 Å². The summed E-state index contributed by atoms with van der Waals surface area (Å²) >= 11 is 3.97. The Bertz CT molecular complexity index is 395. The molecule has 0 spiro atoms. The van der Waals surface area contributed by atoms with E-state index in [4.69, 9.17) is 0 Å². The maximum atomic E-state index is 4.56. The van der Waals surface area contributed by atoms with Crippen molar-refractivity contribution in [1.82, 2.24) is 10.3 Å². The maximum absolute atomic E-state index is 4.56. The van der Waals surface area contributed by atoms with Crippen LogP contribution in [-0.2, 0) is 12.0 Å². The second-order valence-electron chi connectivity index (χ2n) is 6.29. The highest BCUT2D eigenvalue weighted by Crippen LogP contribution is 2.31. The summed E-state index contributed by atoms with van der Waals surface area (Å²) in [6.07, 6.45) is 6.15. The molecule has 1 N–H and O–H groups in total. The molecule has 2 unspecified atom stereocenters. The molecule has 0 saturated heterocycles. The lowest BCUT2D eigenvalue weighted by Crippen LogP contribution is -2.33. The molecule has 1 heterocycles. The number of hydrogen-bond acceptors (Lipinski definition) is 4. The third-order valence-corrected chi connectivity index (χ3v) is 6.32. The van der Waals surface area contributed by atoms with E-state index in [1.165, 1.54) is 34.9 Å². The molecule has 0 amide bonds. The largest absolute Gasteiger partial charge is 0.308 e. The molecule has 19 heavy (non-hydrogen) atoms. The molecule has 0 radical (unpaired) electrons. The topological polar surface area (TPSA) is 24.9 Å². The molecule has 1 aromatic rings.